The number of aliphatic imine (C=N–C) groups is 1. The molecule has 10 heteroatoms. The first-order valence-corrected chi connectivity index (χ1v) is 10.4. The number of aryl methyl sites for hydroxylation is 1. The van der Waals surface area contributed by atoms with Crippen molar-refractivity contribution < 1.29 is 16.8 Å². The van der Waals surface area contributed by atoms with Crippen LogP contribution in [-0.4, -0.2) is 46.4 Å². The van der Waals surface area contributed by atoms with Gasteiger partial charge in [0.2, 0.25) is 26.0 Å². The van der Waals surface area contributed by atoms with Crippen LogP contribution in [0.5, 0.6) is 0 Å². The van der Waals surface area contributed by atoms with Crippen molar-refractivity contribution in [3.63, 3.8) is 0 Å². The Bertz CT molecular complexity index is 832. The van der Waals surface area contributed by atoms with Crippen LogP contribution in [0, 0.1) is 13.8 Å². The Hall–Kier alpha value is -1.65. The summed E-state index contributed by atoms with van der Waals surface area (Å²) in [6.45, 7) is 4.25. The number of sulfonamides is 2. The van der Waals surface area contributed by atoms with Gasteiger partial charge in [0.15, 0.2) is 0 Å². The Balaban J connectivity index is 2.06. The highest BCUT2D eigenvalue weighted by Gasteiger charge is 2.26. The summed E-state index contributed by atoms with van der Waals surface area (Å²) in [6, 6.07) is 5.46. The smallest absolute Gasteiger partial charge is 0.234 e. The number of nitrogens with one attached hydrogen (secondary N) is 2. The lowest BCUT2D eigenvalue weighted by Gasteiger charge is -2.19. The quantitative estimate of drug-likeness (QED) is 0.711. The van der Waals surface area contributed by atoms with Crippen LogP contribution in [0.4, 0.5) is 0 Å². The average Bonchev–Trinajstić information content (AvgIpc) is 2.90. The van der Waals surface area contributed by atoms with Crippen molar-refractivity contribution >= 4 is 26.0 Å². The van der Waals surface area contributed by atoms with E-state index in [4.69, 9.17) is 0 Å². The second-order valence-corrected chi connectivity index (χ2v) is 9.01. The predicted octanol–water partition coefficient (Wildman–Crippen LogP) is -0.141. The first-order chi connectivity index (χ1) is 10.6. The van der Waals surface area contributed by atoms with Crippen molar-refractivity contribution in [1.82, 2.24) is 14.6 Å². The van der Waals surface area contributed by atoms with Gasteiger partial charge in [0.05, 0.1) is 25.1 Å². The Morgan fingerprint density at radius 3 is 2.57 bits per heavy atom. The van der Waals surface area contributed by atoms with E-state index in [9.17, 15) is 16.8 Å². The van der Waals surface area contributed by atoms with Crippen LogP contribution in [-0.2, 0) is 25.8 Å². The number of nitrogens with zero attached hydrogens (tertiary/aromatic N) is 2. The second-order valence-electron chi connectivity index (χ2n) is 5.39. The van der Waals surface area contributed by atoms with Crippen LogP contribution in [0.25, 0.3) is 0 Å². The number of benzene rings is 1. The molecule has 0 fully saturated rings. The van der Waals surface area contributed by atoms with Gasteiger partial charge in [-0.15, -0.1) is 4.83 Å². The summed E-state index contributed by atoms with van der Waals surface area (Å²) >= 11 is 0. The molecule has 1 aliphatic rings. The van der Waals surface area contributed by atoms with Gasteiger partial charge >= 0.3 is 0 Å². The Labute approximate surface area is 136 Å². The summed E-state index contributed by atoms with van der Waals surface area (Å²) in [7, 11) is -7.18. The fraction of sp³-hybridized carbons (Fsp3) is 0.462. The summed E-state index contributed by atoms with van der Waals surface area (Å²) < 4.78 is 48.5. The molecule has 0 saturated heterocycles. The van der Waals surface area contributed by atoms with Crippen molar-refractivity contribution in [2.24, 2.45) is 4.99 Å². The molecule has 0 amide bonds. The number of hydrogen-bond acceptors (Lipinski definition) is 6. The van der Waals surface area contributed by atoms with Crippen LogP contribution >= 0.6 is 0 Å². The van der Waals surface area contributed by atoms with E-state index in [-0.39, 0.29) is 24.8 Å². The topological polar surface area (TPSA) is 108 Å². The van der Waals surface area contributed by atoms with Crippen molar-refractivity contribution in [2.75, 3.05) is 19.3 Å². The van der Waals surface area contributed by atoms with Gasteiger partial charge in [-0.2, -0.15) is 0 Å². The lowest BCUT2D eigenvalue weighted by atomic mass is 10.1. The lowest BCUT2D eigenvalue weighted by Crippen LogP contribution is -2.49. The third kappa shape index (κ3) is 4.43. The molecule has 128 valence electrons. The van der Waals surface area contributed by atoms with Gasteiger partial charge < -0.3 is 0 Å². The molecule has 0 radical (unpaired) electrons. The van der Waals surface area contributed by atoms with Crippen LogP contribution in [0.1, 0.15) is 16.7 Å². The van der Waals surface area contributed by atoms with Crippen molar-refractivity contribution in [2.45, 2.75) is 19.6 Å². The van der Waals surface area contributed by atoms with Gasteiger partial charge in [0.1, 0.15) is 0 Å². The van der Waals surface area contributed by atoms with Crippen molar-refractivity contribution in [1.29, 1.82) is 0 Å². The van der Waals surface area contributed by atoms with E-state index in [0.29, 0.717) is 5.56 Å². The average molecular weight is 360 g/mol. The van der Waals surface area contributed by atoms with Crippen LogP contribution in [0.15, 0.2) is 23.2 Å². The minimum absolute atomic E-state index is 0.0166. The maximum absolute atomic E-state index is 12.2. The van der Waals surface area contributed by atoms with E-state index < -0.39 is 20.0 Å². The van der Waals surface area contributed by atoms with E-state index >= 15 is 0 Å². The molecule has 0 saturated carbocycles. The van der Waals surface area contributed by atoms with E-state index in [1.165, 1.54) is 0 Å². The summed E-state index contributed by atoms with van der Waals surface area (Å²) in [4.78, 5) is 6.13. The fourth-order valence-corrected chi connectivity index (χ4v) is 4.06. The highest BCUT2D eigenvalue weighted by atomic mass is 32.2. The molecular weight excluding hydrogens is 340 g/mol. The van der Waals surface area contributed by atoms with E-state index in [1.54, 1.807) is 12.1 Å². The molecule has 0 atom stereocenters. The third-order valence-electron chi connectivity index (χ3n) is 3.58. The molecule has 0 aromatic heterocycles. The third-order valence-corrected chi connectivity index (χ3v) is 5.84. The summed E-state index contributed by atoms with van der Waals surface area (Å²) in [5.41, 5.74) is 5.00. The van der Waals surface area contributed by atoms with Gasteiger partial charge in [0, 0.05) is 0 Å². The molecule has 1 aliphatic heterocycles. The molecule has 1 heterocycles. The molecule has 0 bridgehead atoms. The number of rotatable bonds is 5. The molecule has 23 heavy (non-hydrogen) atoms. The summed E-state index contributed by atoms with van der Waals surface area (Å²) in [5.74, 6) is -0.225. The minimum atomic E-state index is -3.69. The van der Waals surface area contributed by atoms with Gasteiger partial charge in [-0.3, -0.25) is 5.43 Å². The van der Waals surface area contributed by atoms with E-state index in [0.717, 1.165) is 21.7 Å². The highest BCUT2D eigenvalue weighted by molar-refractivity contribution is 7.89. The first-order valence-electron chi connectivity index (χ1n) is 6.93. The molecule has 1 aromatic rings. The Kier molecular flexibility index (Phi) is 4.97. The molecule has 0 spiro atoms. The van der Waals surface area contributed by atoms with Gasteiger partial charge in [-0.1, -0.05) is 18.2 Å². The van der Waals surface area contributed by atoms with Gasteiger partial charge in [-0.05, 0) is 30.5 Å². The maximum atomic E-state index is 12.2. The molecule has 1 aromatic carbocycles. The SMILES string of the molecule is Cc1cccc(CS(=O)(=O)NNC2=NCCN2S(C)(=O)=O)c1C. The molecular formula is C13H20N4O4S2. The largest absolute Gasteiger partial charge is 0.277 e. The van der Waals surface area contributed by atoms with Gasteiger partial charge in [0.25, 0.3) is 0 Å². The predicted molar refractivity (Wildman–Crippen MR) is 88.7 cm³/mol. The summed E-state index contributed by atoms with van der Waals surface area (Å²) in [6.07, 6.45) is 1.04. The molecule has 0 aliphatic carbocycles. The van der Waals surface area contributed by atoms with Crippen molar-refractivity contribution in [3.05, 3.63) is 34.9 Å². The first kappa shape index (κ1) is 17.7. The maximum Gasteiger partial charge on any atom is 0.234 e. The molecule has 0 unspecified atom stereocenters. The van der Waals surface area contributed by atoms with Gasteiger partial charge in [-0.25, -0.2) is 26.1 Å². The Morgan fingerprint density at radius 1 is 1.22 bits per heavy atom. The fourth-order valence-electron chi connectivity index (χ4n) is 2.19. The number of hydrogen-bond donors (Lipinski definition) is 2. The Morgan fingerprint density at radius 2 is 1.91 bits per heavy atom. The van der Waals surface area contributed by atoms with Crippen LogP contribution in [0.2, 0.25) is 0 Å². The molecule has 8 nitrogen and oxygen atoms in total. The molecule has 2 rings (SSSR count). The monoisotopic (exact) mass is 360 g/mol. The standard InChI is InChI=1S/C13H20N4O4S2/c1-10-5-4-6-12(11(10)2)9-23(20,21)16-15-13-14-7-8-17(13)22(3,18)19/h4-6,16H,7-9H2,1-3H3,(H,14,15). The second kappa shape index (κ2) is 6.46. The normalized spacial score (nSPS) is 15.6. The zero-order valence-electron chi connectivity index (χ0n) is 13.2. The van der Waals surface area contributed by atoms with E-state index in [2.05, 4.69) is 15.2 Å². The zero-order chi connectivity index (χ0) is 17.3. The van der Waals surface area contributed by atoms with Crippen molar-refractivity contribution in [3.8, 4) is 0 Å². The molecule has 2 N–H and O–H groups in total. The summed E-state index contributed by atoms with van der Waals surface area (Å²) in [5, 5.41) is 0. The number of guanidine groups is 1. The minimum Gasteiger partial charge on any atom is -0.277 e. The lowest BCUT2D eigenvalue weighted by molar-refractivity contribution is 0.532. The zero-order valence-corrected chi connectivity index (χ0v) is 14.8. The highest BCUT2D eigenvalue weighted by Crippen LogP contribution is 2.15. The van der Waals surface area contributed by atoms with E-state index in [1.807, 2.05) is 19.9 Å². The van der Waals surface area contributed by atoms with Crippen LogP contribution < -0.4 is 10.3 Å². The number of hydrazine groups is 1. The van der Waals surface area contributed by atoms with Crippen LogP contribution in [0.3, 0.4) is 0 Å².